The van der Waals surface area contributed by atoms with Gasteiger partial charge in [0, 0.05) is 23.9 Å². The molecule has 0 bridgehead atoms. The van der Waals surface area contributed by atoms with E-state index < -0.39 is 29.4 Å². The summed E-state index contributed by atoms with van der Waals surface area (Å²) in [5, 5.41) is 18.3. The number of hydrogen-bond acceptors (Lipinski definition) is 9. The molecule has 2 heterocycles. The number of aromatic carboxylic acids is 1. The molecule has 2 saturated carbocycles. The van der Waals surface area contributed by atoms with Gasteiger partial charge in [-0.05, 0) is 88.4 Å². The molecule has 0 unspecified atom stereocenters. The molecule has 2 aromatic rings. The van der Waals surface area contributed by atoms with Crippen molar-refractivity contribution in [1.82, 2.24) is 10.6 Å². The Morgan fingerprint density at radius 2 is 1.21 bits per heavy atom. The van der Waals surface area contributed by atoms with Gasteiger partial charge in [0.05, 0.1) is 7.11 Å². The average Bonchev–Trinajstić information content (AvgIpc) is 3.58. The van der Waals surface area contributed by atoms with Crippen LogP contribution in [-0.2, 0) is 14.2 Å². The summed E-state index contributed by atoms with van der Waals surface area (Å²) in [4.78, 5) is 46.3. The molecule has 214 valence electrons. The summed E-state index contributed by atoms with van der Waals surface area (Å²) in [5.41, 5.74) is 1.04. The van der Waals surface area contributed by atoms with Gasteiger partial charge in [-0.2, -0.15) is 0 Å². The van der Waals surface area contributed by atoms with Crippen LogP contribution in [0.5, 0.6) is 0 Å². The molecule has 0 aromatic carbocycles. The molecule has 0 aliphatic heterocycles. The molecular formula is C27H36N2O8S2. The van der Waals surface area contributed by atoms with Crippen molar-refractivity contribution in [2.75, 3.05) is 7.11 Å². The lowest BCUT2D eigenvalue weighted by molar-refractivity contribution is 0.0511. The van der Waals surface area contributed by atoms with Crippen LogP contribution < -0.4 is 10.6 Å². The molecule has 12 heteroatoms. The predicted octanol–water partition coefficient (Wildman–Crippen LogP) is 5.74. The van der Waals surface area contributed by atoms with Crippen LogP contribution >= 0.6 is 22.7 Å². The van der Waals surface area contributed by atoms with E-state index in [1.807, 2.05) is 58.4 Å². The van der Waals surface area contributed by atoms with Crippen molar-refractivity contribution in [2.45, 2.75) is 89.5 Å². The molecule has 4 rings (SSSR count). The second kappa shape index (κ2) is 12.0. The number of carbonyl (C=O) groups is 4. The highest BCUT2D eigenvalue weighted by Crippen LogP contribution is 2.43. The normalized spacial score (nSPS) is 21.5. The van der Waals surface area contributed by atoms with Crippen molar-refractivity contribution in [2.24, 2.45) is 0 Å². The maximum atomic E-state index is 11.6. The van der Waals surface area contributed by atoms with Gasteiger partial charge in [0.2, 0.25) is 0 Å². The number of carbonyl (C=O) groups excluding carboxylic acids is 3. The number of alkyl carbamates (subject to hydrolysis) is 2. The summed E-state index contributed by atoms with van der Waals surface area (Å²) >= 11 is 2.58. The topological polar surface area (TPSA) is 140 Å². The van der Waals surface area contributed by atoms with Crippen LogP contribution in [0.3, 0.4) is 0 Å². The Balaban J connectivity index is 0.000000216. The van der Waals surface area contributed by atoms with Crippen LogP contribution in [0.2, 0.25) is 0 Å². The van der Waals surface area contributed by atoms with Crippen LogP contribution in [0.4, 0.5) is 9.59 Å². The summed E-state index contributed by atoms with van der Waals surface area (Å²) in [6.07, 6.45) is 0.883. The number of carboxylic acids is 1. The summed E-state index contributed by atoms with van der Waals surface area (Å²) in [5.74, 6) is -0.763. The molecule has 0 saturated heterocycles. The number of thiophene rings is 2. The Hall–Kier alpha value is -3.12. The SMILES string of the molecule is CC(C)(C)OC(=O)N[C@@H]1C[C@H]1c1csc(C(=O)O)c1.COC(=O)c1cc([C@@H]2C[C@H]2NC(=O)OC(C)(C)C)cs1. The molecular weight excluding hydrogens is 544 g/mol. The van der Waals surface area contributed by atoms with Crippen LogP contribution in [0.1, 0.15) is 96.7 Å². The maximum absolute atomic E-state index is 11.6. The largest absolute Gasteiger partial charge is 0.477 e. The third-order valence-electron chi connectivity index (χ3n) is 5.68. The van der Waals surface area contributed by atoms with Gasteiger partial charge in [0.25, 0.3) is 0 Å². The van der Waals surface area contributed by atoms with Crippen molar-refractivity contribution in [1.29, 1.82) is 0 Å². The van der Waals surface area contributed by atoms with Crippen molar-refractivity contribution in [3.05, 3.63) is 43.8 Å². The third-order valence-corrected chi connectivity index (χ3v) is 7.54. The van der Waals surface area contributed by atoms with Gasteiger partial charge < -0.3 is 30.0 Å². The van der Waals surface area contributed by atoms with E-state index >= 15 is 0 Å². The minimum Gasteiger partial charge on any atom is -0.477 e. The number of carboxylic acid groups (broad SMARTS) is 1. The smallest absolute Gasteiger partial charge is 0.407 e. The van der Waals surface area contributed by atoms with Gasteiger partial charge in [-0.1, -0.05) is 0 Å². The first-order chi connectivity index (χ1) is 18.1. The highest BCUT2D eigenvalue weighted by molar-refractivity contribution is 7.12. The second-order valence-corrected chi connectivity index (χ2v) is 13.3. The molecule has 2 aliphatic rings. The molecule has 0 spiro atoms. The molecule has 2 aliphatic carbocycles. The molecule has 2 aromatic heterocycles. The monoisotopic (exact) mass is 580 g/mol. The van der Waals surface area contributed by atoms with Gasteiger partial charge in [0.15, 0.2) is 0 Å². The summed E-state index contributed by atoms with van der Waals surface area (Å²) in [6.45, 7) is 10.9. The minimum atomic E-state index is -0.909. The summed E-state index contributed by atoms with van der Waals surface area (Å²) < 4.78 is 15.1. The van der Waals surface area contributed by atoms with Gasteiger partial charge in [-0.3, -0.25) is 0 Å². The predicted molar refractivity (Wildman–Crippen MR) is 148 cm³/mol. The van der Waals surface area contributed by atoms with E-state index in [2.05, 4.69) is 15.4 Å². The lowest BCUT2D eigenvalue weighted by atomic mass is 10.2. The first-order valence-corrected chi connectivity index (χ1v) is 14.3. The Bertz CT molecular complexity index is 1210. The van der Waals surface area contributed by atoms with Crippen LogP contribution in [0, 0.1) is 0 Å². The van der Waals surface area contributed by atoms with Crippen LogP contribution in [0.15, 0.2) is 22.9 Å². The van der Waals surface area contributed by atoms with E-state index in [1.54, 1.807) is 6.07 Å². The second-order valence-electron chi connectivity index (χ2n) is 11.5. The van der Waals surface area contributed by atoms with E-state index in [1.165, 1.54) is 29.8 Å². The molecule has 10 nitrogen and oxygen atoms in total. The quantitative estimate of drug-likeness (QED) is 0.290. The van der Waals surface area contributed by atoms with E-state index in [-0.39, 0.29) is 29.9 Å². The van der Waals surface area contributed by atoms with Gasteiger partial charge in [0.1, 0.15) is 21.0 Å². The zero-order valence-electron chi connectivity index (χ0n) is 23.2. The Kier molecular flexibility index (Phi) is 9.32. The molecule has 2 amide bonds. The van der Waals surface area contributed by atoms with Crippen molar-refractivity contribution in [3.8, 4) is 0 Å². The third kappa shape index (κ3) is 9.54. The Labute approximate surface area is 236 Å². The number of methoxy groups -OCH3 is 1. The van der Waals surface area contributed by atoms with Crippen molar-refractivity contribution in [3.63, 3.8) is 0 Å². The fourth-order valence-corrected chi connectivity index (χ4v) is 5.47. The zero-order valence-corrected chi connectivity index (χ0v) is 24.8. The van der Waals surface area contributed by atoms with Crippen molar-refractivity contribution < 1.29 is 38.5 Å². The number of ether oxygens (including phenoxy) is 3. The fraction of sp³-hybridized carbons (Fsp3) is 0.556. The van der Waals surface area contributed by atoms with Gasteiger partial charge >= 0.3 is 24.1 Å². The molecule has 2 fully saturated rings. The van der Waals surface area contributed by atoms with E-state index in [4.69, 9.17) is 14.6 Å². The standard InChI is InChI=1S/C14H19NO4S.C13H17NO4S/c1-14(2,3)19-13(17)15-10-6-9(10)8-5-11(20-7-8)12(16)18-4;1-13(2,3)18-12(17)14-9-5-8(9)7-4-10(11(15)16)19-6-7/h5,7,9-10H,6H2,1-4H3,(H,15,17);4,6,8-9H,5H2,1-3H3,(H,14,17)(H,15,16)/t9-,10+;8-,9+/m00/s1. The first kappa shape index (κ1) is 30.4. The van der Waals surface area contributed by atoms with Crippen LogP contribution in [-0.4, -0.2) is 59.6 Å². The Morgan fingerprint density at radius 3 is 1.56 bits per heavy atom. The zero-order chi connectivity index (χ0) is 29.1. The van der Waals surface area contributed by atoms with Crippen LogP contribution in [0.25, 0.3) is 0 Å². The van der Waals surface area contributed by atoms with Gasteiger partial charge in [-0.15, -0.1) is 22.7 Å². The van der Waals surface area contributed by atoms with E-state index in [0.717, 1.165) is 24.0 Å². The average molecular weight is 581 g/mol. The number of hydrogen-bond donors (Lipinski definition) is 3. The summed E-state index contributed by atoms with van der Waals surface area (Å²) in [7, 11) is 1.37. The number of rotatable bonds is 6. The number of amides is 2. The number of esters is 1. The van der Waals surface area contributed by atoms with E-state index in [0.29, 0.717) is 9.75 Å². The molecule has 0 radical (unpaired) electrons. The lowest BCUT2D eigenvalue weighted by Gasteiger charge is -2.19. The molecule has 4 atom stereocenters. The van der Waals surface area contributed by atoms with Crippen molar-refractivity contribution >= 4 is 46.8 Å². The Morgan fingerprint density at radius 1 is 0.795 bits per heavy atom. The molecule has 39 heavy (non-hydrogen) atoms. The fourth-order valence-electron chi connectivity index (χ4n) is 3.77. The maximum Gasteiger partial charge on any atom is 0.407 e. The summed E-state index contributed by atoms with van der Waals surface area (Å²) in [6, 6.07) is 3.64. The van der Waals surface area contributed by atoms with E-state index in [9.17, 15) is 19.2 Å². The molecule has 3 N–H and O–H groups in total. The lowest BCUT2D eigenvalue weighted by Crippen LogP contribution is -2.34. The highest BCUT2D eigenvalue weighted by Gasteiger charge is 2.42. The first-order valence-electron chi connectivity index (χ1n) is 12.5. The minimum absolute atomic E-state index is 0.0473. The number of nitrogens with one attached hydrogen (secondary N) is 2. The highest BCUT2D eigenvalue weighted by atomic mass is 32.1. The van der Waals surface area contributed by atoms with Gasteiger partial charge in [-0.25, -0.2) is 19.2 Å².